The molecular formula is C8H7ClO2. The Morgan fingerprint density at radius 3 is 1.91 bits per heavy atom. The molecule has 11 heavy (non-hydrogen) atoms. The van der Waals surface area contributed by atoms with E-state index >= 15 is 0 Å². The molecule has 0 aliphatic rings. The summed E-state index contributed by atoms with van der Waals surface area (Å²) in [5, 5.41) is 0. The van der Waals surface area contributed by atoms with E-state index in [9.17, 15) is 0 Å². The quantitative estimate of drug-likeness (QED) is 0.603. The Morgan fingerprint density at radius 2 is 1.64 bits per heavy atom. The number of alkyl halides is 1. The van der Waals surface area contributed by atoms with E-state index in [1.807, 2.05) is 30.3 Å². The summed E-state index contributed by atoms with van der Waals surface area (Å²) in [7, 11) is 0. The maximum absolute atomic E-state index is 8.12. The minimum absolute atomic E-state index is 0.250. The van der Waals surface area contributed by atoms with Crippen LogP contribution in [0.5, 0.6) is 0 Å². The van der Waals surface area contributed by atoms with Gasteiger partial charge in [-0.15, -0.1) is 11.6 Å². The molecule has 0 radical (unpaired) electrons. The molecule has 0 aromatic heterocycles. The third-order valence-electron chi connectivity index (χ3n) is 0.997. The van der Waals surface area contributed by atoms with Gasteiger partial charge in [0.1, 0.15) is 0 Å². The normalized spacial score (nSPS) is 7.36. The van der Waals surface area contributed by atoms with E-state index in [-0.39, 0.29) is 6.15 Å². The molecule has 0 N–H and O–H groups in total. The maximum Gasteiger partial charge on any atom is 0.373 e. The molecular weight excluding hydrogens is 164 g/mol. The Hall–Kier alpha value is -1.11. The number of hydrogen-bond acceptors (Lipinski definition) is 2. The minimum Gasteiger partial charge on any atom is -0.186 e. The van der Waals surface area contributed by atoms with Gasteiger partial charge < -0.3 is 0 Å². The summed E-state index contributed by atoms with van der Waals surface area (Å²) in [6.45, 7) is 0. The fourth-order valence-corrected chi connectivity index (χ4v) is 0.745. The average molecular weight is 171 g/mol. The van der Waals surface area contributed by atoms with Gasteiger partial charge in [-0.3, -0.25) is 0 Å². The molecule has 0 aliphatic carbocycles. The Balaban J connectivity index is 0.000000292. The van der Waals surface area contributed by atoms with Crippen LogP contribution in [0, 0.1) is 0 Å². The molecule has 58 valence electrons. The van der Waals surface area contributed by atoms with Gasteiger partial charge in [0.25, 0.3) is 0 Å². The molecule has 1 aromatic carbocycles. The van der Waals surface area contributed by atoms with Crippen LogP contribution in [-0.4, -0.2) is 6.15 Å². The van der Waals surface area contributed by atoms with Crippen molar-refractivity contribution in [3.05, 3.63) is 35.9 Å². The highest BCUT2D eigenvalue weighted by atomic mass is 35.5. The van der Waals surface area contributed by atoms with Gasteiger partial charge in [0.15, 0.2) is 0 Å². The molecule has 0 saturated heterocycles. The number of halogens is 1. The number of benzene rings is 1. The van der Waals surface area contributed by atoms with Crippen LogP contribution in [0.15, 0.2) is 30.3 Å². The van der Waals surface area contributed by atoms with E-state index in [1.54, 1.807) is 0 Å². The summed E-state index contributed by atoms with van der Waals surface area (Å²) in [5.41, 5.74) is 1.18. The highest BCUT2D eigenvalue weighted by molar-refractivity contribution is 6.17. The fraction of sp³-hybridized carbons (Fsp3) is 0.125. The lowest BCUT2D eigenvalue weighted by atomic mass is 10.2. The van der Waals surface area contributed by atoms with Crippen molar-refractivity contribution in [1.29, 1.82) is 0 Å². The molecule has 0 unspecified atom stereocenters. The van der Waals surface area contributed by atoms with E-state index in [1.165, 1.54) is 5.56 Å². The summed E-state index contributed by atoms with van der Waals surface area (Å²) in [4.78, 5) is 16.2. The van der Waals surface area contributed by atoms with Crippen LogP contribution in [0.25, 0.3) is 0 Å². The van der Waals surface area contributed by atoms with Crippen LogP contribution in [0.4, 0.5) is 0 Å². The predicted octanol–water partition coefficient (Wildman–Crippen LogP) is 1.84. The molecule has 0 heterocycles. The number of carbonyl (C=O) groups excluding carboxylic acids is 2. The first kappa shape index (κ1) is 9.89. The van der Waals surface area contributed by atoms with Crippen molar-refractivity contribution in [3.8, 4) is 0 Å². The van der Waals surface area contributed by atoms with Crippen LogP contribution in [0.2, 0.25) is 0 Å². The van der Waals surface area contributed by atoms with Crippen LogP contribution in [-0.2, 0) is 15.5 Å². The van der Waals surface area contributed by atoms with Crippen molar-refractivity contribution < 1.29 is 9.59 Å². The average Bonchev–Trinajstić information content (AvgIpc) is 2.08. The molecule has 2 nitrogen and oxygen atoms in total. The molecule has 3 heteroatoms. The third kappa shape index (κ3) is 5.34. The van der Waals surface area contributed by atoms with Crippen molar-refractivity contribution in [3.63, 3.8) is 0 Å². The van der Waals surface area contributed by atoms with Gasteiger partial charge in [0, 0.05) is 5.88 Å². The zero-order chi connectivity index (χ0) is 8.53. The molecule has 1 aromatic rings. The highest BCUT2D eigenvalue weighted by Gasteiger charge is 1.81. The molecule has 1 rings (SSSR count). The Bertz CT molecular complexity index is 215. The molecule has 0 bridgehead atoms. The topological polar surface area (TPSA) is 34.1 Å². The standard InChI is InChI=1S/C7H7Cl.CO2/c8-6-7-4-2-1-3-5-7;2-1-3/h1-5H,6H2;. The lowest BCUT2D eigenvalue weighted by Crippen LogP contribution is -1.71. The Morgan fingerprint density at radius 1 is 1.18 bits per heavy atom. The zero-order valence-electron chi connectivity index (χ0n) is 5.79. The van der Waals surface area contributed by atoms with Gasteiger partial charge in [0.2, 0.25) is 0 Å². The smallest absolute Gasteiger partial charge is 0.186 e. The number of rotatable bonds is 1. The van der Waals surface area contributed by atoms with Crippen LogP contribution >= 0.6 is 11.6 Å². The van der Waals surface area contributed by atoms with Crippen molar-refractivity contribution >= 4 is 17.8 Å². The largest absolute Gasteiger partial charge is 0.373 e. The monoisotopic (exact) mass is 170 g/mol. The van der Waals surface area contributed by atoms with Crippen molar-refractivity contribution in [2.24, 2.45) is 0 Å². The minimum atomic E-state index is 0.250. The summed E-state index contributed by atoms with van der Waals surface area (Å²) >= 11 is 5.53. The van der Waals surface area contributed by atoms with Crippen LogP contribution in [0.3, 0.4) is 0 Å². The number of hydrogen-bond donors (Lipinski definition) is 0. The van der Waals surface area contributed by atoms with Gasteiger partial charge in [-0.1, -0.05) is 30.3 Å². The molecule has 0 amide bonds. The zero-order valence-corrected chi connectivity index (χ0v) is 6.54. The van der Waals surface area contributed by atoms with E-state index in [0.717, 1.165) is 0 Å². The van der Waals surface area contributed by atoms with Crippen LogP contribution < -0.4 is 0 Å². The second-order valence-electron chi connectivity index (χ2n) is 1.70. The summed E-state index contributed by atoms with van der Waals surface area (Å²) in [5.74, 6) is 0.612. The predicted molar refractivity (Wildman–Crippen MR) is 41.0 cm³/mol. The van der Waals surface area contributed by atoms with Crippen LogP contribution in [0.1, 0.15) is 5.56 Å². The van der Waals surface area contributed by atoms with Gasteiger partial charge in [-0.25, -0.2) is 0 Å². The molecule has 0 atom stereocenters. The molecule has 0 fully saturated rings. The van der Waals surface area contributed by atoms with E-state index in [2.05, 4.69) is 0 Å². The third-order valence-corrected chi connectivity index (χ3v) is 1.31. The fourth-order valence-electron chi connectivity index (χ4n) is 0.567. The van der Waals surface area contributed by atoms with Gasteiger partial charge in [-0.05, 0) is 5.56 Å². The first-order valence-corrected chi connectivity index (χ1v) is 3.47. The SMILES string of the molecule is ClCc1ccccc1.O=C=O. The first-order chi connectivity index (χ1) is 5.35. The summed E-state index contributed by atoms with van der Waals surface area (Å²) in [6.07, 6.45) is 0.250. The highest BCUT2D eigenvalue weighted by Crippen LogP contribution is 2.00. The molecule has 0 spiro atoms. The van der Waals surface area contributed by atoms with Gasteiger partial charge >= 0.3 is 6.15 Å². The van der Waals surface area contributed by atoms with Crippen molar-refractivity contribution in [2.45, 2.75) is 5.88 Å². The van der Waals surface area contributed by atoms with E-state index in [0.29, 0.717) is 5.88 Å². The lowest BCUT2D eigenvalue weighted by molar-refractivity contribution is -0.191. The lowest BCUT2D eigenvalue weighted by Gasteiger charge is -1.88. The van der Waals surface area contributed by atoms with Crippen molar-refractivity contribution in [1.82, 2.24) is 0 Å². The Labute approximate surface area is 69.8 Å². The second-order valence-corrected chi connectivity index (χ2v) is 1.97. The van der Waals surface area contributed by atoms with E-state index in [4.69, 9.17) is 21.2 Å². The maximum atomic E-state index is 8.12. The van der Waals surface area contributed by atoms with Gasteiger partial charge in [0.05, 0.1) is 0 Å². The second kappa shape index (κ2) is 7.00. The summed E-state index contributed by atoms with van der Waals surface area (Å²) in [6, 6.07) is 9.96. The Kier molecular flexibility index (Phi) is 6.30. The van der Waals surface area contributed by atoms with E-state index < -0.39 is 0 Å². The molecule has 0 saturated carbocycles. The van der Waals surface area contributed by atoms with Crippen molar-refractivity contribution in [2.75, 3.05) is 0 Å². The van der Waals surface area contributed by atoms with Gasteiger partial charge in [-0.2, -0.15) is 9.59 Å². The first-order valence-electron chi connectivity index (χ1n) is 2.94. The summed E-state index contributed by atoms with van der Waals surface area (Å²) < 4.78 is 0. The molecule has 0 aliphatic heterocycles.